The zero-order valence-electron chi connectivity index (χ0n) is 7.08. The van der Waals surface area contributed by atoms with Gasteiger partial charge in [-0.2, -0.15) is 0 Å². The highest BCUT2D eigenvalue weighted by Gasteiger charge is 2.12. The molecule has 1 aromatic rings. The van der Waals surface area contributed by atoms with E-state index in [0.29, 0.717) is 0 Å². The second kappa shape index (κ2) is 3.49. The van der Waals surface area contributed by atoms with Crippen LogP contribution >= 0.6 is 0 Å². The van der Waals surface area contributed by atoms with Gasteiger partial charge in [-0.15, -0.1) is 0 Å². The van der Waals surface area contributed by atoms with Crippen molar-refractivity contribution in [3.8, 4) is 0 Å². The van der Waals surface area contributed by atoms with Crippen LogP contribution in [0.5, 0.6) is 0 Å². The van der Waals surface area contributed by atoms with E-state index >= 15 is 0 Å². The molecule has 2 N–H and O–H groups in total. The van der Waals surface area contributed by atoms with Crippen LogP contribution in [0.4, 0.5) is 10.1 Å². The normalized spacial score (nSPS) is 10.1. The molecule has 0 spiro atoms. The van der Waals surface area contributed by atoms with Gasteiger partial charge < -0.3 is 5.73 Å². The van der Waals surface area contributed by atoms with Crippen LogP contribution in [-0.2, 0) is 6.54 Å². The van der Waals surface area contributed by atoms with Gasteiger partial charge in [-0.1, -0.05) is 0 Å². The molecule has 0 amide bonds. The molecule has 0 saturated carbocycles. The number of nitro groups is 1. The summed E-state index contributed by atoms with van der Waals surface area (Å²) in [7, 11) is 0. The van der Waals surface area contributed by atoms with Crippen LogP contribution in [0, 0.1) is 22.9 Å². The van der Waals surface area contributed by atoms with Crippen molar-refractivity contribution in [1.29, 1.82) is 0 Å². The lowest BCUT2D eigenvalue weighted by Gasteiger charge is -2.02. The highest BCUT2D eigenvalue weighted by atomic mass is 19.1. The van der Waals surface area contributed by atoms with Crippen molar-refractivity contribution in [3.63, 3.8) is 0 Å². The Labute approximate surface area is 74.3 Å². The van der Waals surface area contributed by atoms with Gasteiger partial charge in [0.2, 0.25) is 0 Å². The lowest BCUT2D eigenvalue weighted by atomic mass is 10.1. The number of non-ortho nitro benzene ring substituents is 1. The fourth-order valence-corrected chi connectivity index (χ4v) is 1.08. The maximum atomic E-state index is 13.1. The summed E-state index contributed by atoms with van der Waals surface area (Å²) in [4.78, 5) is 9.81. The maximum Gasteiger partial charge on any atom is 0.270 e. The Hall–Kier alpha value is -1.49. The molecular formula is C8H9FN2O2. The van der Waals surface area contributed by atoms with Gasteiger partial charge in [0, 0.05) is 24.2 Å². The predicted molar refractivity (Wildman–Crippen MR) is 45.7 cm³/mol. The fourth-order valence-electron chi connectivity index (χ4n) is 1.08. The minimum absolute atomic E-state index is 0.0334. The van der Waals surface area contributed by atoms with Gasteiger partial charge in [0.15, 0.2) is 0 Å². The predicted octanol–water partition coefficient (Wildman–Crippen LogP) is 1.50. The topological polar surface area (TPSA) is 69.2 Å². The van der Waals surface area contributed by atoms with E-state index in [-0.39, 0.29) is 23.4 Å². The van der Waals surface area contributed by atoms with Crippen LogP contribution in [0.15, 0.2) is 12.1 Å². The van der Waals surface area contributed by atoms with Crippen molar-refractivity contribution in [2.75, 3.05) is 0 Å². The first-order chi connectivity index (χ1) is 6.06. The number of aryl methyl sites for hydroxylation is 1. The summed E-state index contributed by atoms with van der Waals surface area (Å²) in [6.07, 6.45) is 0. The summed E-state index contributed by atoms with van der Waals surface area (Å²) < 4.78 is 13.1. The summed E-state index contributed by atoms with van der Waals surface area (Å²) in [6, 6.07) is 2.34. The van der Waals surface area contributed by atoms with E-state index in [9.17, 15) is 14.5 Å². The van der Waals surface area contributed by atoms with Gasteiger partial charge in [0.05, 0.1) is 4.92 Å². The van der Waals surface area contributed by atoms with Gasteiger partial charge >= 0.3 is 0 Å². The molecule has 13 heavy (non-hydrogen) atoms. The third kappa shape index (κ3) is 1.81. The number of rotatable bonds is 2. The molecule has 4 nitrogen and oxygen atoms in total. The third-order valence-electron chi connectivity index (χ3n) is 1.75. The summed E-state index contributed by atoms with van der Waals surface area (Å²) >= 11 is 0. The quantitative estimate of drug-likeness (QED) is 0.559. The van der Waals surface area contributed by atoms with Crippen LogP contribution in [0.25, 0.3) is 0 Å². The van der Waals surface area contributed by atoms with Crippen LogP contribution < -0.4 is 5.73 Å². The van der Waals surface area contributed by atoms with Crippen molar-refractivity contribution in [2.24, 2.45) is 5.73 Å². The Morgan fingerprint density at radius 3 is 2.69 bits per heavy atom. The van der Waals surface area contributed by atoms with Gasteiger partial charge in [-0.05, 0) is 12.5 Å². The van der Waals surface area contributed by atoms with Gasteiger partial charge in [-0.3, -0.25) is 10.1 Å². The van der Waals surface area contributed by atoms with E-state index in [2.05, 4.69) is 0 Å². The molecule has 0 aliphatic heterocycles. The van der Waals surface area contributed by atoms with Crippen molar-refractivity contribution in [3.05, 3.63) is 39.2 Å². The van der Waals surface area contributed by atoms with E-state index in [1.165, 1.54) is 13.0 Å². The number of nitrogens with zero attached hydrogens (tertiary/aromatic N) is 1. The third-order valence-corrected chi connectivity index (χ3v) is 1.75. The summed E-state index contributed by atoms with van der Waals surface area (Å²) in [5.41, 5.74) is 5.52. The fraction of sp³-hybridized carbons (Fsp3) is 0.250. The van der Waals surface area contributed by atoms with E-state index in [0.717, 1.165) is 6.07 Å². The van der Waals surface area contributed by atoms with E-state index in [4.69, 9.17) is 5.73 Å². The van der Waals surface area contributed by atoms with Crippen LogP contribution in [0.3, 0.4) is 0 Å². The first kappa shape index (κ1) is 9.60. The Morgan fingerprint density at radius 1 is 1.62 bits per heavy atom. The van der Waals surface area contributed by atoms with Crippen molar-refractivity contribution in [2.45, 2.75) is 13.5 Å². The molecule has 0 saturated heterocycles. The monoisotopic (exact) mass is 184 g/mol. The van der Waals surface area contributed by atoms with Crippen molar-refractivity contribution in [1.82, 2.24) is 0 Å². The first-order valence-electron chi connectivity index (χ1n) is 3.69. The molecule has 0 atom stereocenters. The van der Waals surface area contributed by atoms with Crippen molar-refractivity contribution >= 4 is 5.69 Å². The van der Waals surface area contributed by atoms with Crippen LogP contribution in [0.2, 0.25) is 0 Å². The van der Waals surface area contributed by atoms with Crippen molar-refractivity contribution < 1.29 is 9.31 Å². The SMILES string of the molecule is Cc1cc([N+](=O)[O-])cc(CN)c1F. The number of nitro benzene ring substituents is 1. The van der Waals surface area contributed by atoms with Gasteiger partial charge in [0.25, 0.3) is 5.69 Å². The van der Waals surface area contributed by atoms with Gasteiger partial charge in [0.1, 0.15) is 5.82 Å². The molecule has 0 heterocycles. The molecular weight excluding hydrogens is 175 g/mol. The Kier molecular flexibility index (Phi) is 2.57. The minimum Gasteiger partial charge on any atom is -0.326 e. The smallest absolute Gasteiger partial charge is 0.270 e. The second-order valence-electron chi connectivity index (χ2n) is 2.70. The molecule has 5 heteroatoms. The zero-order chi connectivity index (χ0) is 10.0. The Bertz CT molecular complexity index is 352. The number of hydrogen-bond donors (Lipinski definition) is 1. The molecule has 0 bridgehead atoms. The van der Waals surface area contributed by atoms with Crippen LogP contribution in [0.1, 0.15) is 11.1 Å². The van der Waals surface area contributed by atoms with Gasteiger partial charge in [-0.25, -0.2) is 4.39 Å². The molecule has 0 fully saturated rings. The average molecular weight is 184 g/mol. The molecule has 0 aliphatic carbocycles. The average Bonchev–Trinajstić information content (AvgIpc) is 2.09. The van der Waals surface area contributed by atoms with Crippen LogP contribution in [-0.4, -0.2) is 4.92 Å². The number of nitrogens with two attached hydrogens (primary N) is 1. The molecule has 0 unspecified atom stereocenters. The van der Waals surface area contributed by atoms with E-state index < -0.39 is 10.7 Å². The highest BCUT2D eigenvalue weighted by Crippen LogP contribution is 2.20. The molecule has 0 radical (unpaired) electrons. The minimum atomic E-state index is -0.564. The number of benzene rings is 1. The Balaban J connectivity index is 3.30. The molecule has 70 valence electrons. The number of hydrogen-bond acceptors (Lipinski definition) is 3. The van der Waals surface area contributed by atoms with E-state index in [1.807, 2.05) is 0 Å². The lowest BCUT2D eigenvalue weighted by molar-refractivity contribution is -0.385. The molecule has 0 aromatic heterocycles. The molecule has 1 aromatic carbocycles. The standard InChI is InChI=1S/C8H9FN2O2/c1-5-2-7(11(12)13)3-6(4-10)8(5)9/h2-3H,4,10H2,1H3. The zero-order valence-corrected chi connectivity index (χ0v) is 7.08. The molecule has 0 aliphatic rings. The lowest BCUT2D eigenvalue weighted by Crippen LogP contribution is -2.03. The second-order valence-corrected chi connectivity index (χ2v) is 2.70. The highest BCUT2D eigenvalue weighted by molar-refractivity contribution is 5.39. The maximum absolute atomic E-state index is 13.1. The number of halogens is 1. The summed E-state index contributed by atoms with van der Waals surface area (Å²) in [6.45, 7) is 1.44. The molecule has 1 rings (SSSR count). The van der Waals surface area contributed by atoms with E-state index in [1.54, 1.807) is 0 Å². The Morgan fingerprint density at radius 2 is 2.23 bits per heavy atom. The summed E-state index contributed by atoms with van der Waals surface area (Å²) in [5.74, 6) is -0.465. The summed E-state index contributed by atoms with van der Waals surface area (Å²) in [5, 5.41) is 10.4. The first-order valence-corrected chi connectivity index (χ1v) is 3.69. The largest absolute Gasteiger partial charge is 0.326 e.